The first kappa shape index (κ1) is 9.69. The first-order chi connectivity index (χ1) is 6.90. The molecule has 0 aliphatic carbocycles. The summed E-state index contributed by atoms with van der Waals surface area (Å²) in [5.74, 6) is 0. The van der Waals surface area contributed by atoms with Gasteiger partial charge in [0.15, 0.2) is 0 Å². The zero-order chi connectivity index (χ0) is 9.80. The Bertz CT molecular complexity index is 292. The lowest BCUT2D eigenvalue weighted by atomic mass is 10.0. The van der Waals surface area contributed by atoms with Crippen molar-refractivity contribution in [3.63, 3.8) is 0 Å². The summed E-state index contributed by atoms with van der Waals surface area (Å²) in [5.41, 5.74) is 2.75. The summed E-state index contributed by atoms with van der Waals surface area (Å²) in [6.45, 7) is 4.78. The molecule has 1 aromatic carbocycles. The van der Waals surface area contributed by atoms with Crippen LogP contribution in [0.5, 0.6) is 0 Å². The summed E-state index contributed by atoms with van der Waals surface area (Å²) in [5, 5.41) is 3.46. The second kappa shape index (κ2) is 4.58. The third-order valence-electron chi connectivity index (χ3n) is 2.68. The van der Waals surface area contributed by atoms with Gasteiger partial charge in [-0.3, -0.25) is 0 Å². The molecule has 0 spiro atoms. The molecule has 2 nitrogen and oxygen atoms in total. The third kappa shape index (κ3) is 2.14. The van der Waals surface area contributed by atoms with Gasteiger partial charge in [-0.05, 0) is 17.5 Å². The number of hydrogen-bond acceptors (Lipinski definition) is 2. The molecule has 1 aliphatic rings. The van der Waals surface area contributed by atoms with Crippen molar-refractivity contribution in [3.05, 3.63) is 35.4 Å². The van der Waals surface area contributed by atoms with Gasteiger partial charge in [-0.1, -0.05) is 31.2 Å². The van der Waals surface area contributed by atoms with Crippen LogP contribution in [0.1, 0.15) is 24.1 Å². The normalized spacial score (nSPS) is 22.2. The average molecular weight is 191 g/mol. The highest BCUT2D eigenvalue weighted by Crippen LogP contribution is 2.17. The molecule has 0 radical (unpaired) electrons. The number of benzene rings is 1. The van der Waals surface area contributed by atoms with E-state index >= 15 is 0 Å². The Kier molecular flexibility index (Phi) is 3.17. The first-order valence-electron chi connectivity index (χ1n) is 5.30. The van der Waals surface area contributed by atoms with E-state index in [1.807, 2.05) is 0 Å². The highest BCUT2D eigenvalue weighted by Gasteiger charge is 2.14. The highest BCUT2D eigenvalue weighted by atomic mass is 16.5. The van der Waals surface area contributed by atoms with Gasteiger partial charge in [0.05, 0.1) is 19.3 Å². The van der Waals surface area contributed by atoms with Crippen molar-refractivity contribution >= 4 is 0 Å². The molecular weight excluding hydrogens is 174 g/mol. The van der Waals surface area contributed by atoms with Gasteiger partial charge in [0.2, 0.25) is 0 Å². The summed E-state index contributed by atoms with van der Waals surface area (Å²) in [6.07, 6.45) is 1.10. The van der Waals surface area contributed by atoms with E-state index in [4.69, 9.17) is 4.74 Å². The van der Waals surface area contributed by atoms with Crippen molar-refractivity contribution in [1.29, 1.82) is 0 Å². The van der Waals surface area contributed by atoms with Crippen LogP contribution in [0.2, 0.25) is 0 Å². The first-order valence-corrected chi connectivity index (χ1v) is 5.30. The van der Waals surface area contributed by atoms with E-state index in [9.17, 15) is 0 Å². The summed E-state index contributed by atoms with van der Waals surface area (Å²) in [6, 6.07) is 9.13. The second-order valence-corrected chi connectivity index (χ2v) is 3.68. The Morgan fingerprint density at radius 3 is 3.14 bits per heavy atom. The standard InChI is InChI=1S/C12H17NO/c1-2-10-4-3-5-11(8-10)12-9-14-7-6-13-12/h3-5,8,12-13H,2,6-7,9H2,1H3. The zero-order valence-corrected chi connectivity index (χ0v) is 8.62. The number of hydrogen-bond donors (Lipinski definition) is 1. The monoisotopic (exact) mass is 191 g/mol. The van der Waals surface area contributed by atoms with Gasteiger partial charge >= 0.3 is 0 Å². The predicted octanol–water partition coefficient (Wildman–Crippen LogP) is 1.91. The maximum absolute atomic E-state index is 5.45. The van der Waals surface area contributed by atoms with Gasteiger partial charge in [0.25, 0.3) is 0 Å². The number of rotatable bonds is 2. The van der Waals surface area contributed by atoms with E-state index in [1.165, 1.54) is 11.1 Å². The maximum atomic E-state index is 5.45. The van der Waals surface area contributed by atoms with Crippen LogP contribution in [-0.4, -0.2) is 19.8 Å². The average Bonchev–Trinajstić information content (AvgIpc) is 2.30. The van der Waals surface area contributed by atoms with E-state index in [2.05, 4.69) is 36.5 Å². The fraction of sp³-hybridized carbons (Fsp3) is 0.500. The molecule has 14 heavy (non-hydrogen) atoms. The molecular formula is C12H17NO. The van der Waals surface area contributed by atoms with Crippen LogP contribution in [-0.2, 0) is 11.2 Å². The number of ether oxygens (including phenoxy) is 1. The Morgan fingerprint density at radius 1 is 1.50 bits per heavy atom. The SMILES string of the molecule is CCc1cccc(C2COCCN2)c1. The molecule has 0 amide bonds. The molecule has 1 aromatic rings. The van der Waals surface area contributed by atoms with E-state index in [0.29, 0.717) is 6.04 Å². The Balaban J connectivity index is 2.13. The number of aryl methyl sites for hydroxylation is 1. The number of morpholine rings is 1. The summed E-state index contributed by atoms with van der Waals surface area (Å²) < 4.78 is 5.45. The molecule has 1 atom stereocenters. The molecule has 2 rings (SSSR count). The minimum atomic E-state index is 0.384. The molecule has 1 aliphatic heterocycles. The van der Waals surface area contributed by atoms with Crippen molar-refractivity contribution in [2.75, 3.05) is 19.8 Å². The van der Waals surface area contributed by atoms with E-state index in [-0.39, 0.29) is 0 Å². The van der Waals surface area contributed by atoms with Crippen LogP contribution in [0.4, 0.5) is 0 Å². The van der Waals surface area contributed by atoms with E-state index in [1.54, 1.807) is 0 Å². The molecule has 76 valence electrons. The molecule has 0 saturated carbocycles. The highest BCUT2D eigenvalue weighted by molar-refractivity contribution is 5.26. The molecule has 2 heteroatoms. The second-order valence-electron chi connectivity index (χ2n) is 3.68. The van der Waals surface area contributed by atoms with E-state index in [0.717, 1.165) is 26.2 Å². The lowest BCUT2D eigenvalue weighted by Crippen LogP contribution is -2.34. The van der Waals surface area contributed by atoms with Crippen molar-refractivity contribution < 1.29 is 4.74 Å². The quantitative estimate of drug-likeness (QED) is 0.771. The van der Waals surface area contributed by atoms with E-state index < -0.39 is 0 Å². The minimum absolute atomic E-state index is 0.384. The van der Waals surface area contributed by atoms with Crippen molar-refractivity contribution in [1.82, 2.24) is 5.32 Å². The van der Waals surface area contributed by atoms with Crippen molar-refractivity contribution in [2.24, 2.45) is 0 Å². The zero-order valence-electron chi connectivity index (χ0n) is 8.62. The largest absolute Gasteiger partial charge is 0.378 e. The Hall–Kier alpha value is -0.860. The van der Waals surface area contributed by atoms with Gasteiger partial charge in [-0.15, -0.1) is 0 Å². The van der Waals surface area contributed by atoms with Crippen LogP contribution < -0.4 is 5.32 Å². The van der Waals surface area contributed by atoms with Gasteiger partial charge in [-0.25, -0.2) is 0 Å². The third-order valence-corrected chi connectivity index (χ3v) is 2.68. The van der Waals surface area contributed by atoms with Crippen LogP contribution in [0, 0.1) is 0 Å². The number of nitrogens with one attached hydrogen (secondary N) is 1. The maximum Gasteiger partial charge on any atom is 0.0662 e. The van der Waals surface area contributed by atoms with Crippen LogP contribution >= 0.6 is 0 Å². The van der Waals surface area contributed by atoms with Gasteiger partial charge in [0.1, 0.15) is 0 Å². The van der Waals surface area contributed by atoms with Crippen LogP contribution in [0.3, 0.4) is 0 Å². The molecule has 0 bridgehead atoms. The van der Waals surface area contributed by atoms with Crippen LogP contribution in [0.25, 0.3) is 0 Å². The summed E-state index contributed by atoms with van der Waals surface area (Å²) >= 11 is 0. The lowest BCUT2D eigenvalue weighted by Gasteiger charge is -2.24. The van der Waals surface area contributed by atoms with Crippen molar-refractivity contribution in [2.45, 2.75) is 19.4 Å². The molecule has 1 saturated heterocycles. The van der Waals surface area contributed by atoms with Crippen LogP contribution in [0.15, 0.2) is 24.3 Å². The molecule has 0 aromatic heterocycles. The Morgan fingerprint density at radius 2 is 2.43 bits per heavy atom. The van der Waals surface area contributed by atoms with Gasteiger partial charge in [0, 0.05) is 6.54 Å². The fourth-order valence-electron chi connectivity index (χ4n) is 1.81. The van der Waals surface area contributed by atoms with Gasteiger partial charge in [-0.2, -0.15) is 0 Å². The van der Waals surface area contributed by atoms with Crippen molar-refractivity contribution in [3.8, 4) is 0 Å². The lowest BCUT2D eigenvalue weighted by molar-refractivity contribution is 0.0768. The smallest absolute Gasteiger partial charge is 0.0662 e. The topological polar surface area (TPSA) is 21.3 Å². The Labute approximate surface area is 85.3 Å². The molecule has 1 unspecified atom stereocenters. The summed E-state index contributed by atoms with van der Waals surface area (Å²) in [7, 11) is 0. The fourth-order valence-corrected chi connectivity index (χ4v) is 1.81. The molecule has 1 fully saturated rings. The summed E-state index contributed by atoms with van der Waals surface area (Å²) in [4.78, 5) is 0. The molecule has 1 N–H and O–H groups in total. The predicted molar refractivity (Wildman–Crippen MR) is 57.4 cm³/mol. The van der Waals surface area contributed by atoms with Gasteiger partial charge < -0.3 is 10.1 Å². The molecule has 1 heterocycles. The minimum Gasteiger partial charge on any atom is -0.378 e.